The van der Waals surface area contributed by atoms with Crippen LogP contribution in [0, 0.1) is 0 Å². The molecule has 0 bridgehead atoms. The van der Waals surface area contributed by atoms with Crippen LogP contribution >= 0.6 is 11.6 Å². The van der Waals surface area contributed by atoms with Gasteiger partial charge < -0.3 is 10.8 Å². The fraction of sp³-hybridized carbons (Fsp3) is 0.364. The van der Waals surface area contributed by atoms with Crippen molar-refractivity contribution in [3.05, 3.63) is 34.9 Å². The number of carboxylic acids is 1. The van der Waals surface area contributed by atoms with Crippen molar-refractivity contribution in [3.63, 3.8) is 0 Å². The van der Waals surface area contributed by atoms with Crippen molar-refractivity contribution in [2.24, 2.45) is 5.73 Å². The summed E-state index contributed by atoms with van der Waals surface area (Å²) in [6, 6.07) is 6.17. The van der Waals surface area contributed by atoms with Gasteiger partial charge in [0.15, 0.2) is 0 Å². The number of carbonyl (C=O) groups is 1. The van der Waals surface area contributed by atoms with Crippen LogP contribution in [0.2, 0.25) is 5.02 Å². The highest BCUT2D eigenvalue weighted by atomic mass is 35.5. The van der Waals surface area contributed by atoms with Gasteiger partial charge in [-0.3, -0.25) is 4.79 Å². The molecular weight excluding hydrogens is 214 g/mol. The first-order chi connectivity index (χ1) is 6.87. The summed E-state index contributed by atoms with van der Waals surface area (Å²) >= 11 is 6.01. The molecule has 0 spiro atoms. The lowest BCUT2D eigenvalue weighted by atomic mass is 9.78. The summed E-state index contributed by atoms with van der Waals surface area (Å²) in [4.78, 5) is 10.9. The Bertz CT molecular complexity index is 377. The van der Waals surface area contributed by atoms with E-state index in [0.29, 0.717) is 5.02 Å². The summed E-state index contributed by atoms with van der Waals surface area (Å²) in [5.74, 6) is -1.03. The Balaban J connectivity index is 3.16. The monoisotopic (exact) mass is 227 g/mol. The third-order valence-electron chi connectivity index (χ3n) is 2.61. The van der Waals surface area contributed by atoms with Gasteiger partial charge in [0.2, 0.25) is 0 Å². The number of carboxylic acid groups (broad SMARTS) is 1. The molecule has 1 aromatic carbocycles. The molecule has 82 valence electrons. The minimum absolute atomic E-state index is 0.541. The third kappa shape index (κ3) is 2.30. The van der Waals surface area contributed by atoms with E-state index in [-0.39, 0.29) is 0 Å². The summed E-state index contributed by atoms with van der Waals surface area (Å²) in [6.07, 6.45) is 0. The van der Waals surface area contributed by atoms with E-state index in [4.69, 9.17) is 22.4 Å². The van der Waals surface area contributed by atoms with Gasteiger partial charge in [-0.1, -0.05) is 43.6 Å². The largest absolute Gasteiger partial charge is 0.480 e. The van der Waals surface area contributed by atoms with Gasteiger partial charge in [0.1, 0.15) is 6.04 Å². The fourth-order valence-electron chi connectivity index (χ4n) is 1.46. The predicted molar refractivity (Wildman–Crippen MR) is 60.1 cm³/mol. The number of nitrogens with two attached hydrogens (primary N) is 1. The molecule has 0 amide bonds. The topological polar surface area (TPSA) is 63.3 Å². The summed E-state index contributed by atoms with van der Waals surface area (Å²) in [6.45, 7) is 3.54. The lowest BCUT2D eigenvalue weighted by Crippen LogP contribution is -2.46. The second kappa shape index (κ2) is 4.21. The van der Waals surface area contributed by atoms with Crippen molar-refractivity contribution in [2.45, 2.75) is 25.3 Å². The first kappa shape index (κ1) is 12.0. The molecule has 3 N–H and O–H groups in total. The molecule has 0 radical (unpaired) electrons. The van der Waals surface area contributed by atoms with Crippen LogP contribution in [0.3, 0.4) is 0 Å². The van der Waals surface area contributed by atoms with E-state index < -0.39 is 17.4 Å². The van der Waals surface area contributed by atoms with Crippen LogP contribution in [0.1, 0.15) is 19.4 Å². The average molecular weight is 228 g/mol. The van der Waals surface area contributed by atoms with Gasteiger partial charge in [0.25, 0.3) is 0 Å². The van der Waals surface area contributed by atoms with E-state index in [1.807, 2.05) is 6.07 Å². The van der Waals surface area contributed by atoms with Crippen molar-refractivity contribution in [1.82, 2.24) is 0 Å². The smallest absolute Gasteiger partial charge is 0.321 e. The molecule has 15 heavy (non-hydrogen) atoms. The number of rotatable bonds is 3. The van der Waals surface area contributed by atoms with Crippen LogP contribution in [0.4, 0.5) is 0 Å². The van der Waals surface area contributed by atoms with Crippen LogP contribution in [0.25, 0.3) is 0 Å². The Kier molecular flexibility index (Phi) is 3.37. The molecule has 1 aromatic rings. The van der Waals surface area contributed by atoms with E-state index >= 15 is 0 Å². The van der Waals surface area contributed by atoms with Crippen LogP contribution in [0.15, 0.2) is 24.3 Å². The van der Waals surface area contributed by atoms with Crippen molar-refractivity contribution >= 4 is 17.6 Å². The van der Waals surface area contributed by atoms with Gasteiger partial charge in [-0.05, 0) is 11.6 Å². The zero-order chi connectivity index (χ0) is 11.6. The van der Waals surface area contributed by atoms with E-state index in [1.54, 1.807) is 32.0 Å². The zero-order valence-electron chi connectivity index (χ0n) is 8.70. The van der Waals surface area contributed by atoms with Crippen LogP contribution in [-0.2, 0) is 10.2 Å². The summed E-state index contributed by atoms with van der Waals surface area (Å²) in [5.41, 5.74) is 5.70. The van der Waals surface area contributed by atoms with E-state index in [1.165, 1.54) is 0 Å². The minimum Gasteiger partial charge on any atom is -0.480 e. The number of benzene rings is 1. The Morgan fingerprint density at radius 1 is 1.47 bits per heavy atom. The normalized spacial score (nSPS) is 13.6. The molecule has 0 saturated carbocycles. The van der Waals surface area contributed by atoms with E-state index in [9.17, 15) is 4.79 Å². The lowest BCUT2D eigenvalue weighted by molar-refractivity contribution is -0.140. The van der Waals surface area contributed by atoms with Crippen molar-refractivity contribution in [3.8, 4) is 0 Å². The number of hydrogen-bond donors (Lipinski definition) is 2. The molecule has 3 nitrogen and oxygen atoms in total. The summed E-state index contributed by atoms with van der Waals surface area (Å²) in [7, 11) is 0. The Labute approximate surface area is 93.9 Å². The lowest BCUT2D eigenvalue weighted by Gasteiger charge is -2.29. The molecule has 0 aliphatic carbocycles. The molecule has 1 rings (SSSR count). The Hall–Kier alpha value is -1.06. The molecule has 4 heteroatoms. The van der Waals surface area contributed by atoms with Gasteiger partial charge in [-0.25, -0.2) is 0 Å². The Morgan fingerprint density at radius 3 is 2.47 bits per heavy atom. The van der Waals surface area contributed by atoms with Gasteiger partial charge in [-0.15, -0.1) is 0 Å². The molecule has 0 aliphatic rings. The van der Waals surface area contributed by atoms with Crippen LogP contribution in [-0.4, -0.2) is 17.1 Å². The molecule has 1 unspecified atom stereocenters. The molecule has 1 atom stereocenters. The Morgan fingerprint density at radius 2 is 2.00 bits per heavy atom. The predicted octanol–water partition coefficient (Wildman–Crippen LogP) is 2.03. The third-order valence-corrected chi connectivity index (χ3v) is 2.94. The summed E-state index contributed by atoms with van der Waals surface area (Å²) < 4.78 is 0. The van der Waals surface area contributed by atoms with Crippen molar-refractivity contribution in [1.29, 1.82) is 0 Å². The summed E-state index contributed by atoms with van der Waals surface area (Å²) in [5, 5.41) is 9.44. The molecular formula is C11H14ClNO2. The maximum absolute atomic E-state index is 10.9. The quantitative estimate of drug-likeness (QED) is 0.831. The maximum Gasteiger partial charge on any atom is 0.321 e. The highest BCUT2D eigenvalue weighted by Crippen LogP contribution is 2.31. The van der Waals surface area contributed by atoms with Gasteiger partial charge in [0, 0.05) is 10.4 Å². The van der Waals surface area contributed by atoms with Gasteiger partial charge in [-0.2, -0.15) is 0 Å². The van der Waals surface area contributed by atoms with E-state index in [0.717, 1.165) is 5.56 Å². The number of aliphatic carboxylic acids is 1. The standard InChI is InChI=1S/C11H14ClNO2/c1-11(2,9(13)10(14)15)7-5-3-4-6-8(7)12/h3-6,9H,13H2,1-2H3,(H,14,15). The molecule has 0 aliphatic heterocycles. The molecule has 0 heterocycles. The molecule has 0 saturated heterocycles. The highest BCUT2D eigenvalue weighted by Gasteiger charge is 2.34. The van der Waals surface area contributed by atoms with Crippen molar-refractivity contribution < 1.29 is 9.90 Å². The second-order valence-corrected chi connectivity index (χ2v) is 4.42. The molecule has 0 aromatic heterocycles. The number of hydrogen-bond acceptors (Lipinski definition) is 2. The van der Waals surface area contributed by atoms with Gasteiger partial charge >= 0.3 is 5.97 Å². The maximum atomic E-state index is 10.9. The second-order valence-electron chi connectivity index (χ2n) is 4.02. The minimum atomic E-state index is -1.03. The SMILES string of the molecule is CC(C)(c1ccccc1Cl)C(N)C(=O)O. The fourth-order valence-corrected chi connectivity index (χ4v) is 1.84. The van der Waals surface area contributed by atoms with Gasteiger partial charge in [0.05, 0.1) is 0 Å². The number of halogens is 1. The highest BCUT2D eigenvalue weighted by molar-refractivity contribution is 6.31. The van der Waals surface area contributed by atoms with Crippen LogP contribution < -0.4 is 5.73 Å². The van der Waals surface area contributed by atoms with Crippen molar-refractivity contribution in [2.75, 3.05) is 0 Å². The zero-order valence-corrected chi connectivity index (χ0v) is 9.45. The van der Waals surface area contributed by atoms with E-state index in [2.05, 4.69) is 0 Å². The first-order valence-electron chi connectivity index (χ1n) is 4.60. The average Bonchev–Trinajstić information content (AvgIpc) is 2.16. The molecule has 0 fully saturated rings. The van der Waals surface area contributed by atoms with Crippen LogP contribution in [0.5, 0.6) is 0 Å². The first-order valence-corrected chi connectivity index (χ1v) is 4.98.